The molecule has 4 nitrogen and oxygen atoms in total. The highest BCUT2D eigenvalue weighted by Crippen LogP contribution is 2.48. The molecule has 0 bridgehead atoms. The molecule has 5 heteroatoms. The Hall–Kier alpha value is -1.62. The van der Waals surface area contributed by atoms with E-state index in [9.17, 15) is 4.39 Å². The van der Waals surface area contributed by atoms with Gasteiger partial charge in [-0.2, -0.15) is 0 Å². The maximum atomic E-state index is 13.1. The van der Waals surface area contributed by atoms with Crippen molar-refractivity contribution in [3.8, 4) is 0 Å². The van der Waals surface area contributed by atoms with E-state index in [1.165, 1.54) is 17.7 Å². The van der Waals surface area contributed by atoms with Crippen LogP contribution in [0.2, 0.25) is 0 Å². The van der Waals surface area contributed by atoms with Gasteiger partial charge in [-0.25, -0.2) is 4.39 Å². The second-order valence-electron chi connectivity index (χ2n) is 5.98. The van der Waals surface area contributed by atoms with E-state index in [0.29, 0.717) is 13.2 Å². The second kappa shape index (κ2) is 7.58. The van der Waals surface area contributed by atoms with Crippen LogP contribution in [0.4, 0.5) is 4.39 Å². The van der Waals surface area contributed by atoms with Gasteiger partial charge in [0.05, 0.1) is 13.2 Å². The number of hydrogen-bond acceptors (Lipinski definition) is 2. The van der Waals surface area contributed by atoms with Crippen LogP contribution in [-0.2, 0) is 10.2 Å². The summed E-state index contributed by atoms with van der Waals surface area (Å²) in [5, 5.41) is 6.59. The van der Waals surface area contributed by atoms with Gasteiger partial charge in [0.15, 0.2) is 5.96 Å². The molecule has 1 aliphatic carbocycles. The minimum atomic E-state index is -0.188. The van der Waals surface area contributed by atoms with Crippen LogP contribution in [0.1, 0.15) is 32.3 Å². The number of halogens is 1. The van der Waals surface area contributed by atoms with Crippen LogP contribution < -0.4 is 10.6 Å². The van der Waals surface area contributed by atoms with Crippen LogP contribution in [0.15, 0.2) is 29.3 Å². The highest BCUT2D eigenvalue weighted by molar-refractivity contribution is 5.80. The molecule has 0 aromatic heterocycles. The Morgan fingerprint density at radius 1 is 1.36 bits per heavy atom. The third kappa shape index (κ3) is 4.44. The minimum absolute atomic E-state index is 0.0839. The Morgan fingerprint density at radius 3 is 2.59 bits per heavy atom. The third-order valence-electron chi connectivity index (χ3n) is 3.99. The second-order valence-corrected chi connectivity index (χ2v) is 5.98. The fraction of sp³-hybridized carbons (Fsp3) is 0.588. The molecule has 22 heavy (non-hydrogen) atoms. The first-order chi connectivity index (χ1) is 10.6. The van der Waals surface area contributed by atoms with E-state index in [-0.39, 0.29) is 17.3 Å². The molecular weight excluding hydrogens is 281 g/mol. The smallest absolute Gasteiger partial charge is 0.191 e. The van der Waals surface area contributed by atoms with Crippen molar-refractivity contribution in [2.45, 2.75) is 38.1 Å². The number of methoxy groups -OCH3 is 1. The lowest BCUT2D eigenvalue weighted by Crippen LogP contribution is -2.44. The summed E-state index contributed by atoms with van der Waals surface area (Å²) in [6.07, 6.45) is 2.21. The Morgan fingerprint density at radius 2 is 2.05 bits per heavy atom. The molecule has 0 spiro atoms. The molecule has 1 aliphatic rings. The van der Waals surface area contributed by atoms with Gasteiger partial charge in [-0.1, -0.05) is 12.1 Å². The largest absolute Gasteiger partial charge is 0.383 e. The first kappa shape index (κ1) is 16.7. The zero-order chi connectivity index (χ0) is 16.0. The number of guanidine groups is 1. The van der Waals surface area contributed by atoms with Gasteiger partial charge in [-0.3, -0.25) is 4.99 Å². The van der Waals surface area contributed by atoms with Gasteiger partial charge in [-0.15, -0.1) is 0 Å². The number of rotatable bonds is 7. The molecule has 0 amide bonds. The van der Waals surface area contributed by atoms with Crippen LogP contribution in [0.5, 0.6) is 0 Å². The van der Waals surface area contributed by atoms with Gasteiger partial charge in [-0.05, 0) is 44.4 Å². The van der Waals surface area contributed by atoms with Crippen LogP contribution >= 0.6 is 0 Å². The lowest BCUT2D eigenvalue weighted by molar-refractivity contribution is 0.179. The number of hydrogen-bond donors (Lipinski definition) is 2. The molecule has 122 valence electrons. The van der Waals surface area contributed by atoms with E-state index in [1.54, 1.807) is 7.11 Å². The molecule has 0 radical (unpaired) electrons. The van der Waals surface area contributed by atoms with Crippen molar-refractivity contribution in [1.29, 1.82) is 0 Å². The zero-order valence-corrected chi connectivity index (χ0v) is 13.7. The summed E-state index contributed by atoms with van der Waals surface area (Å²) in [5.41, 5.74) is 1.26. The number of benzene rings is 1. The summed E-state index contributed by atoms with van der Waals surface area (Å²) in [6, 6.07) is 7.02. The number of aliphatic imine (C=N–C) groups is 1. The molecule has 1 aromatic carbocycles. The van der Waals surface area contributed by atoms with Crippen molar-refractivity contribution in [3.63, 3.8) is 0 Å². The normalized spacial score (nSPS) is 17.9. The SMILES string of the molecule is CCNC(=NCC1(c2ccc(F)cc2)CC1)NC(C)COC. The summed E-state index contributed by atoms with van der Waals surface area (Å²) < 4.78 is 18.2. The van der Waals surface area contributed by atoms with Gasteiger partial charge < -0.3 is 15.4 Å². The van der Waals surface area contributed by atoms with Crippen molar-refractivity contribution < 1.29 is 9.13 Å². The average molecular weight is 307 g/mol. The van der Waals surface area contributed by atoms with Crippen molar-refractivity contribution in [2.75, 3.05) is 26.8 Å². The van der Waals surface area contributed by atoms with Crippen LogP contribution in [0.3, 0.4) is 0 Å². The highest BCUT2D eigenvalue weighted by atomic mass is 19.1. The molecule has 0 aliphatic heterocycles. The summed E-state index contributed by atoms with van der Waals surface area (Å²) >= 11 is 0. The summed E-state index contributed by atoms with van der Waals surface area (Å²) in [4.78, 5) is 4.71. The quantitative estimate of drug-likeness (QED) is 0.601. The van der Waals surface area contributed by atoms with E-state index in [1.807, 2.05) is 19.1 Å². The fourth-order valence-electron chi connectivity index (χ4n) is 2.57. The van der Waals surface area contributed by atoms with Gasteiger partial charge in [0.2, 0.25) is 0 Å². The molecule has 0 heterocycles. The number of nitrogens with zero attached hydrogens (tertiary/aromatic N) is 1. The maximum Gasteiger partial charge on any atom is 0.191 e. The Bertz CT molecular complexity index is 497. The molecule has 0 saturated heterocycles. The van der Waals surface area contributed by atoms with Crippen molar-refractivity contribution >= 4 is 5.96 Å². The average Bonchev–Trinajstić information content (AvgIpc) is 3.27. The molecule has 1 fully saturated rings. The highest BCUT2D eigenvalue weighted by Gasteiger charge is 2.44. The van der Waals surface area contributed by atoms with Crippen LogP contribution in [-0.4, -0.2) is 38.8 Å². The maximum absolute atomic E-state index is 13.1. The lowest BCUT2D eigenvalue weighted by Gasteiger charge is -2.19. The van der Waals surface area contributed by atoms with Crippen LogP contribution in [0, 0.1) is 5.82 Å². The summed E-state index contributed by atoms with van der Waals surface area (Å²) in [5.74, 6) is 0.617. The first-order valence-electron chi connectivity index (χ1n) is 7.89. The third-order valence-corrected chi connectivity index (χ3v) is 3.99. The standard InChI is InChI=1S/C17H26FN3O/c1-4-19-16(21-13(2)11-22-3)20-12-17(9-10-17)14-5-7-15(18)8-6-14/h5-8,13H,4,9-12H2,1-3H3,(H2,19,20,21). The minimum Gasteiger partial charge on any atom is -0.383 e. The molecule has 1 aromatic rings. The van der Waals surface area contributed by atoms with E-state index >= 15 is 0 Å². The van der Waals surface area contributed by atoms with Gasteiger partial charge in [0.1, 0.15) is 5.82 Å². The zero-order valence-electron chi connectivity index (χ0n) is 13.7. The monoisotopic (exact) mass is 307 g/mol. The van der Waals surface area contributed by atoms with Gasteiger partial charge in [0.25, 0.3) is 0 Å². The van der Waals surface area contributed by atoms with Crippen LogP contribution in [0.25, 0.3) is 0 Å². The van der Waals surface area contributed by atoms with Crippen molar-refractivity contribution in [3.05, 3.63) is 35.6 Å². The van der Waals surface area contributed by atoms with E-state index in [0.717, 1.165) is 25.3 Å². The molecule has 1 saturated carbocycles. The Balaban J connectivity index is 2.01. The summed E-state index contributed by atoms with van der Waals surface area (Å²) in [6.45, 7) is 6.27. The van der Waals surface area contributed by atoms with Gasteiger partial charge in [0, 0.05) is 25.1 Å². The Kier molecular flexibility index (Phi) is 5.77. The molecule has 2 N–H and O–H groups in total. The van der Waals surface area contributed by atoms with Crippen molar-refractivity contribution in [1.82, 2.24) is 10.6 Å². The molecular formula is C17H26FN3O. The van der Waals surface area contributed by atoms with Crippen molar-refractivity contribution in [2.24, 2.45) is 4.99 Å². The number of ether oxygens (including phenoxy) is 1. The molecule has 1 atom stereocenters. The topological polar surface area (TPSA) is 45.7 Å². The molecule has 1 unspecified atom stereocenters. The number of nitrogens with one attached hydrogen (secondary N) is 2. The lowest BCUT2D eigenvalue weighted by atomic mass is 9.96. The van der Waals surface area contributed by atoms with E-state index < -0.39 is 0 Å². The fourth-order valence-corrected chi connectivity index (χ4v) is 2.57. The predicted molar refractivity (Wildman–Crippen MR) is 87.8 cm³/mol. The van der Waals surface area contributed by atoms with Gasteiger partial charge >= 0.3 is 0 Å². The summed E-state index contributed by atoms with van der Waals surface area (Å²) in [7, 11) is 1.69. The predicted octanol–water partition coefficient (Wildman–Crippen LogP) is 2.45. The Labute approximate surface area is 132 Å². The van der Waals surface area contributed by atoms with E-state index in [4.69, 9.17) is 9.73 Å². The van der Waals surface area contributed by atoms with E-state index in [2.05, 4.69) is 17.6 Å². The first-order valence-corrected chi connectivity index (χ1v) is 7.89. The molecule has 2 rings (SSSR count).